The molecule has 3 nitrogen and oxygen atoms in total. The fourth-order valence-electron chi connectivity index (χ4n) is 3.92. The second-order valence-corrected chi connectivity index (χ2v) is 6.16. The van der Waals surface area contributed by atoms with Crippen molar-refractivity contribution < 1.29 is 14.3 Å². The molecule has 0 N–H and O–H groups in total. The van der Waals surface area contributed by atoms with Gasteiger partial charge in [-0.3, -0.25) is 4.79 Å². The summed E-state index contributed by atoms with van der Waals surface area (Å²) in [5, 5.41) is 0. The van der Waals surface area contributed by atoms with Crippen molar-refractivity contribution in [2.45, 2.75) is 32.8 Å². The Kier molecular flexibility index (Phi) is 2.31. The van der Waals surface area contributed by atoms with Gasteiger partial charge in [0.05, 0.1) is 0 Å². The van der Waals surface area contributed by atoms with Crippen LogP contribution in [0.5, 0.6) is 0 Å². The van der Waals surface area contributed by atoms with E-state index in [0.29, 0.717) is 17.9 Å². The van der Waals surface area contributed by atoms with E-state index >= 15 is 0 Å². The number of fused-ring (bicyclic) bond motifs is 2. The van der Waals surface area contributed by atoms with Crippen molar-refractivity contribution in [3.63, 3.8) is 0 Å². The minimum Gasteiger partial charge on any atom is -0.458 e. The van der Waals surface area contributed by atoms with Crippen LogP contribution in [0.25, 0.3) is 0 Å². The molecule has 1 saturated heterocycles. The minimum atomic E-state index is -0.379. The highest BCUT2D eigenvalue weighted by Gasteiger charge is 2.53. The van der Waals surface area contributed by atoms with E-state index in [-0.39, 0.29) is 35.1 Å². The Hall–Kier alpha value is -1.38. The van der Waals surface area contributed by atoms with Gasteiger partial charge in [-0.1, -0.05) is 26.5 Å². The molecule has 18 heavy (non-hydrogen) atoms. The average molecular weight is 246 g/mol. The van der Waals surface area contributed by atoms with Crippen LogP contribution in [-0.4, -0.2) is 17.9 Å². The van der Waals surface area contributed by atoms with Crippen LogP contribution in [0.2, 0.25) is 0 Å². The zero-order valence-electron chi connectivity index (χ0n) is 10.8. The smallest absolute Gasteiger partial charge is 0.334 e. The van der Waals surface area contributed by atoms with Gasteiger partial charge in [0.1, 0.15) is 6.10 Å². The highest BCUT2D eigenvalue weighted by molar-refractivity contribution is 5.98. The molecule has 1 unspecified atom stereocenters. The third kappa shape index (κ3) is 1.36. The lowest BCUT2D eigenvalue weighted by Crippen LogP contribution is -2.33. The molecule has 0 bridgehead atoms. The van der Waals surface area contributed by atoms with E-state index in [2.05, 4.69) is 13.5 Å². The van der Waals surface area contributed by atoms with Crippen molar-refractivity contribution in [2.75, 3.05) is 0 Å². The number of rotatable bonds is 0. The molecular weight excluding hydrogens is 228 g/mol. The number of allylic oxidation sites excluding steroid dienone is 2. The third-order valence-corrected chi connectivity index (χ3v) is 5.03. The Balaban J connectivity index is 2.00. The third-order valence-electron chi connectivity index (χ3n) is 5.03. The summed E-state index contributed by atoms with van der Waals surface area (Å²) in [4.78, 5) is 23.8. The first-order valence-electron chi connectivity index (χ1n) is 6.56. The second-order valence-electron chi connectivity index (χ2n) is 6.16. The van der Waals surface area contributed by atoms with E-state index in [1.165, 1.54) is 0 Å². The van der Waals surface area contributed by atoms with Crippen LogP contribution < -0.4 is 0 Å². The van der Waals surface area contributed by atoms with Crippen molar-refractivity contribution in [3.8, 4) is 0 Å². The summed E-state index contributed by atoms with van der Waals surface area (Å²) < 4.78 is 5.40. The Morgan fingerprint density at radius 2 is 2.17 bits per heavy atom. The van der Waals surface area contributed by atoms with Gasteiger partial charge in [-0.2, -0.15) is 0 Å². The molecule has 3 aliphatic rings. The average Bonchev–Trinajstić information content (AvgIpc) is 2.69. The summed E-state index contributed by atoms with van der Waals surface area (Å²) in [7, 11) is 0. The molecule has 0 aromatic heterocycles. The summed E-state index contributed by atoms with van der Waals surface area (Å²) >= 11 is 0. The lowest BCUT2D eigenvalue weighted by Gasteiger charge is -2.32. The summed E-state index contributed by atoms with van der Waals surface area (Å²) in [5.41, 5.74) is 0.171. The van der Waals surface area contributed by atoms with Gasteiger partial charge in [0.15, 0.2) is 5.78 Å². The first kappa shape index (κ1) is 11.7. The van der Waals surface area contributed by atoms with E-state index in [1.54, 1.807) is 6.08 Å². The SMILES string of the molecule is C=C1C(=O)OC2C[C@@H](C)[C@@H]3C=CC(=O)[C@@]3(C)C[C@H]12. The maximum atomic E-state index is 12.2. The predicted molar refractivity (Wildman–Crippen MR) is 66.7 cm³/mol. The monoisotopic (exact) mass is 246 g/mol. The number of carbonyl (C=O) groups is 2. The zero-order valence-corrected chi connectivity index (χ0v) is 10.8. The van der Waals surface area contributed by atoms with E-state index in [0.717, 1.165) is 6.42 Å². The van der Waals surface area contributed by atoms with Crippen LogP contribution in [-0.2, 0) is 14.3 Å². The summed E-state index contributed by atoms with van der Waals surface area (Å²) in [5.74, 6) is 0.539. The van der Waals surface area contributed by atoms with Gasteiger partial charge >= 0.3 is 5.97 Å². The second kappa shape index (κ2) is 3.56. The van der Waals surface area contributed by atoms with Crippen LogP contribution in [0.3, 0.4) is 0 Å². The normalized spacial score (nSPS) is 46.7. The number of carbonyl (C=O) groups excluding carboxylic acids is 2. The molecular formula is C15H18O3. The first-order valence-corrected chi connectivity index (χ1v) is 6.56. The standard InChI is InChI=1S/C15H18O3/c1-8-6-12-10(9(2)14(17)18-12)7-15(3)11(8)4-5-13(15)16/h4-5,8,10-12H,2,6-7H2,1,3H3/t8-,10-,11+,12?,15+/m1/s1. The number of ketones is 1. The maximum absolute atomic E-state index is 12.2. The lowest BCUT2D eigenvalue weighted by atomic mass is 9.69. The fourth-order valence-corrected chi connectivity index (χ4v) is 3.92. The largest absolute Gasteiger partial charge is 0.458 e. The van der Waals surface area contributed by atoms with Crippen molar-refractivity contribution in [2.24, 2.45) is 23.2 Å². The van der Waals surface area contributed by atoms with Gasteiger partial charge in [-0.15, -0.1) is 0 Å². The summed E-state index contributed by atoms with van der Waals surface area (Å²) in [6.45, 7) is 8.02. The Morgan fingerprint density at radius 1 is 1.44 bits per heavy atom. The van der Waals surface area contributed by atoms with Crippen LogP contribution >= 0.6 is 0 Å². The van der Waals surface area contributed by atoms with Crippen molar-refractivity contribution >= 4 is 11.8 Å². The highest BCUT2D eigenvalue weighted by atomic mass is 16.6. The van der Waals surface area contributed by atoms with Crippen molar-refractivity contribution in [1.82, 2.24) is 0 Å². The molecule has 3 rings (SSSR count). The number of esters is 1. The quantitative estimate of drug-likeness (QED) is 0.486. The van der Waals surface area contributed by atoms with Gasteiger partial charge < -0.3 is 4.74 Å². The van der Waals surface area contributed by atoms with Gasteiger partial charge in [-0.25, -0.2) is 4.79 Å². The minimum absolute atomic E-state index is 0.0128. The van der Waals surface area contributed by atoms with E-state index < -0.39 is 0 Å². The van der Waals surface area contributed by atoms with Gasteiger partial charge in [-0.05, 0) is 30.8 Å². The highest BCUT2D eigenvalue weighted by Crippen LogP contribution is 2.52. The van der Waals surface area contributed by atoms with Crippen molar-refractivity contribution in [1.29, 1.82) is 0 Å². The molecule has 1 heterocycles. The summed E-state index contributed by atoms with van der Waals surface area (Å²) in [6, 6.07) is 0. The van der Waals surface area contributed by atoms with Crippen LogP contribution in [0, 0.1) is 23.2 Å². The molecule has 0 aromatic carbocycles. The predicted octanol–water partition coefficient (Wildman–Crippen LogP) is 2.28. The molecule has 3 heteroatoms. The molecule has 96 valence electrons. The van der Waals surface area contributed by atoms with E-state index in [9.17, 15) is 9.59 Å². The molecule has 2 fully saturated rings. The Bertz CT molecular complexity index is 476. The zero-order chi connectivity index (χ0) is 13.1. The maximum Gasteiger partial charge on any atom is 0.334 e. The van der Waals surface area contributed by atoms with Gasteiger partial charge in [0, 0.05) is 16.9 Å². The molecule has 0 radical (unpaired) electrons. The lowest BCUT2D eigenvalue weighted by molar-refractivity contribution is -0.139. The van der Waals surface area contributed by atoms with Crippen LogP contribution in [0.1, 0.15) is 26.7 Å². The first-order chi connectivity index (χ1) is 8.43. The van der Waals surface area contributed by atoms with E-state index in [4.69, 9.17) is 4.74 Å². The molecule has 1 aliphatic heterocycles. The van der Waals surface area contributed by atoms with Crippen LogP contribution in [0.15, 0.2) is 24.3 Å². The molecule has 0 aromatic rings. The molecule has 5 atom stereocenters. The Labute approximate surface area is 107 Å². The van der Waals surface area contributed by atoms with Crippen molar-refractivity contribution in [3.05, 3.63) is 24.3 Å². The number of hydrogen-bond acceptors (Lipinski definition) is 3. The molecule has 0 spiro atoms. The van der Waals surface area contributed by atoms with E-state index in [1.807, 2.05) is 13.0 Å². The van der Waals surface area contributed by atoms with Gasteiger partial charge in [0.25, 0.3) is 0 Å². The molecule has 0 amide bonds. The Morgan fingerprint density at radius 3 is 2.89 bits per heavy atom. The van der Waals surface area contributed by atoms with Crippen LogP contribution in [0.4, 0.5) is 0 Å². The number of hydrogen-bond donors (Lipinski definition) is 0. The number of ether oxygens (including phenoxy) is 1. The topological polar surface area (TPSA) is 43.4 Å². The van der Waals surface area contributed by atoms with Gasteiger partial charge in [0.2, 0.25) is 0 Å². The summed E-state index contributed by atoms with van der Waals surface area (Å²) in [6.07, 6.45) is 5.18. The fraction of sp³-hybridized carbons (Fsp3) is 0.600. The molecule has 2 aliphatic carbocycles. The molecule has 1 saturated carbocycles.